The zero-order valence-electron chi connectivity index (χ0n) is 14.7. The molecule has 0 heterocycles. The molecule has 0 spiro atoms. The lowest BCUT2D eigenvalue weighted by molar-refractivity contribution is -0.384. The number of carbonyl (C=O) groups excluding carboxylic acids is 1. The predicted molar refractivity (Wildman–Crippen MR) is 105 cm³/mol. The molecule has 29 heavy (non-hydrogen) atoms. The van der Waals surface area contributed by atoms with E-state index in [1.165, 1.54) is 48.5 Å². The van der Waals surface area contributed by atoms with Gasteiger partial charge >= 0.3 is 0 Å². The molecule has 148 valence electrons. The molecule has 1 amide bonds. The normalized spacial score (nSPS) is 10.9. The Morgan fingerprint density at radius 3 is 2.21 bits per heavy atom. The minimum absolute atomic E-state index is 0.134. The van der Waals surface area contributed by atoms with Gasteiger partial charge in [0, 0.05) is 29.1 Å². The summed E-state index contributed by atoms with van der Waals surface area (Å²) in [6.45, 7) is 0. The van der Waals surface area contributed by atoms with Crippen LogP contribution in [-0.2, 0) is 10.0 Å². The number of rotatable bonds is 6. The van der Waals surface area contributed by atoms with Gasteiger partial charge in [0.15, 0.2) is 0 Å². The number of nitrogens with one attached hydrogen (secondary N) is 2. The Labute approximate surface area is 165 Å². The average molecular weight is 415 g/mol. The average Bonchev–Trinajstić information content (AvgIpc) is 2.69. The van der Waals surface area contributed by atoms with Crippen molar-refractivity contribution in [1.29, 1.82) is 0 Å². The molecule has 10 heteroatoms. The maximum atomic E-state index is 12.9. The molecule has 3 aromatic carbocycles. The molecule has 0 fully saturated rings. The first-order valence-corrected chi connectivity index (χ1v) is 9.67. The lowest BCUT2D eigenvalue weighted by Crippen LogP contribution is -2.15. The molecule has 0 atom stereocenters. The van der Waals surface area contributed by atoms with Crippen LogP contribution >= 0.6 is 0 Å². The summed E-state index contributed by atoms with van der Waals surface area (Å²) < 4.78 is 40.2. The standard InChI is InChI=1S/C19H14FN3O5S/c20-14-4-6-15(7-5-14)21-19(24)13-2-1-3-16(12-13)22-29(27,28)18-10-8-17(9-11-18)23(25)26/h1-12,22H,(H,21,24). The Bertz CT molecular complexity index is 1160. The van der Waals surface area contributed by atoms with E-state index in [-0.39, 0.29) is 21.8 Å². The van der Waals surface area contributed by atoms with E-state index in [0.29, 0.717) is 5.69 Å². The third kappa shape index (κ3) is 4.93. The quantitative estimate of drug-likeness (QED) is 0.469. The fraction of sp³-hybridized carbons (Fsp3) is 0. The van der Waals surface area contributed by atoms with Gasteiger partial charge in [-0.3, -0.25) is 19.6 Å². The van der Waals surface area contributed by atoms with Crippen LogP contribution in [0.15, 0.2) is 77.7 Å². The van der Waals surface area contributed by atoms with Crippen molar-refractivity contribution in [2.45, 2.75) is 4.90 Å². The Morgan fingerprint density at radius 1 is 0.931 bits per heavy atom. The van der Waals surface area contributed by atoms with E-state index in [9.17, 15) is 27.7 Å². The number of hydrogen-bond acceptors (Lipinski definition) is 5. The minimum atomic E-state index is -4.01. The molecule has 3 aromatic rings. The van der Waals surface area contributed by atoms with Gasteiger partial charge in [-0.1, -0.05) is 6.07 Å². The summed E-state index contributed by atoms with van der Waals surface area (Å²) in [5.74, 6) is -0.946. The minimum Gasteiger partial charge on any atom is -0.322 e. The zero-order chi connectivity index (χ0) is 21.0. The molecule has 0 aromatic heterocycles. The van der Waals surface area contributed by atoms with Crippen molar-refractivity contribution in [3.63, 3.8) is 0 Å². The summed E-state index contributed by atoms with van der Waals surface area (Å²) >= 11 is 0. The molecule has 0 aliphatic rings. The van der Waals surface area contributed by atoms with Crippen LogP contribution in [0.1, 0.15) is 10.4 Å². The Balaban J connectivity index is 1.77. The second kappa shape index (κ2) is 8.07. The number of nitro groups is 1. The van der Waals surface area contributed by atoms with E-state index in [1.807, 2.05) is 0 Å². The van der Waals surface area contributed by atoms with Crippen LogP contribution in [0.5, 0.6) is 0 Å². The summed E-state index contributed by atoms with van der Waals surface area (Å²) in [5.41, 5.74) is 0.463. The molecule has 2 N–H and O–H groups in total. The Morgan fingerprint density at radius 2 is 1.59 bits per heavy atom. The van der Waals surface area contributed by atoms with Crippen LogP contribution in [0.2, 0.25) is 0 Å². The molecule has 0 radical (unpaired) electrons. The maximum absolute atomic E-state index is 12.9. The topological polar surface area (TPSA) is 118 Å². The van der Waals surface area contributed by atoms with Gasteiger partial charge < -0.3 is 5.32 Å². The van der Waals surface area contributed by atoms with Gasteiger partial charge in [0.05, 0.1) is 9.82 Å². The van der Waals surface area contributed by atoms with Gasteiger partial charge in [-0.15, -0.1) is 0 Å². The summed E-state index contributed by atoms with van der Waals surface area (Å²) in [4.78, 5) is 22.2. The number of sulfonamides is 1. The van der Waals surface area contributed by atoms with Crippen LogP contribution < -0.4 is 10.0 Å². The fourth-order valence-corrected chi connectivity index (χ4v) is 3.47. The number of non-ortho nitro benzene ring substituents is 1. The van der Waals surface area contributed by atoms with Gasteiger partial charge in [0.1, 0.15) is 5.82 Å². The van der Waals surface area contributed by atoms with E-state index in [1.54, 1.807) is 0 Å². The monoisotopic (exact) mass is 415 g/mol. The van der Waals surface area contributed by atoms with Crippen molar-refractivity contribution in [2.24, 2.45) is 0 Å². The molecular weight excluding hydrogens is 401 g/mol. The first-order valence-electron chi connectivity index (χ1n) is 8.19. The summed E-state index contributed by atoms with van der Waals surface area (Å²) in [5, 5.41) is 13.3. The third-order valence-electron chi connectivity index (χ3n) is 3.84. The van der Waals surface area contributed by atoms with Crippen molar-refractivity contribution in [2.75, 3.05) is 10.0 Å². The van der Waals surface area contributed by atoms with Crippen LogP contribution in [0, 0.1) is 15.9 Å². The molecule has 0 aliphatic carbocycles. The molecule has 0 saturated carbocycles. The van der Waals surface area contributed by atoms with Crippen LogP contribution in [0.4, 0.5) is 21.5 Å². The van der Waals surface area contributed by atoms with Crippen LogP contribution in [-0.4, -0.2) is 19.2 Å². The van der Waals surface area contributed by atoms with Crippen molar-refractivity contribution >= 4 is 33.0 Å². The summed E-state index contributed by atoms with van der Waals surface area (Å²) in [6.07, 6.45) is 0. The zero-order valence-corrected chi connectivity index (χ0v) is 15.5. The molecule has 3 rings (SSSR count). The lowest BCUT2D eigenvalue weighted by atomic mass is 10.2. The molecule has 0 bridgehead atoms. The Hall–Kier alpha value is -3.79. The van der Waals surface area contributed by atoms with Gasteiger partial charge in [-0.2, -0.15) is 0 Å². The number of nitro benzene ring substituents is 1. The van der Waals surface area contributed by atoms with Crippen LogP contribution in [0.3, 0.4) is 0 Å². The van der Waals surface area contributed by atoms with Crippen molar-refractivity contribution in [3.8, 4) is 0 Å². The number of halogens is 1. The van der Waals surface area contributed by atoms with Crippen molar-refractivity contribution in [1.82, 2.24) is 0 Å². The number of anilines is 2. The second-order valence-electron chi connectivity index (χ2n) is 5.90. The highest BCUT2D eigenvalue weighted by Gasteiger charge is 2.17. The molecule has 0 unspecified atom stereocenters. The molecular formula is C19H14FN3O5S. The number of benzene rings is 3. The van der Waals surface area contributed by atoms with E-state index in [2.05, 4.69) is 10.0 Å². The largest absolute Gasteiger partial charge is 0.322 e. The van der Waals surface area contributed by atoms with Crippen molar-refractivity contribution < 1.29 is 22.5 Å². The fourth-order valence-electron chi connectivity index (χ4n) is 2.42. The highest BCUT2D eigenvalue weighted by molar-refractivity contribution is 7.92. The van der Waals surface area contributed by atoms with E-state index < -0.39 is 26.7 Å². The van der Waals surface area contributed by atoms with Gasteiger partial charge in [0.25, 0.3) is 21.6 Å². The summed E-state index contributed by atoms with van der Waals surface area (Å²) in [7, 11) is -4.01. The Kier molecular flexibility index (Phi) is 5.55. The number of carbonyl (C=O) groups is 1. The smallest absolute Gasteiger partial charge is 0.269 e. The van der Waals surface area contributed by atoms with Crippen molar-refractivity contribution in [3.05, 3.63) is 94.3 Å². The number of nitrogens with zero attached hydrogens (tertiary/aromatic N) is 1. The van der Waals surface area contributed by atoms with Crippen LogP contribution in [0.25, 0.3) is 0 Å². The maximum Gasteiger partial charge on any atom is 0.269 e. The van der Waals surface area contributed by atoms with Gasteiger partial charge in [-0.05, 0) is 54.6 Å². The second-order valence-corrected chi connectivity index (χ2v) is 7.58. The van der Waals surface area contributed by atoms with Gasteiger partial charge in [0.2, 0.25) is 0 Å². The highest BCUT2D eigenvalue weighted by Crippen LogP contribution is 2.20. The predicted octanol–water partition coefficient (Wildman–Crippen LogP) is 3.79. The molecule has 0 aliphatic heterocycles. The molecule has 0 saturated heterocycles. The first-order chi connectivity index (χ1) is 13.7. The van der Waals surface area contributed by atoms with Gasteiger partial charge in [-0.25, -0.2) is 12.8 Å². The lowest BCUT2D eigenvalue weighted by Gasteiger charge is -2.10. The molecule has 8 nitrogen and oxygen atoms in total. The van der Waals surface area contributed by atoms with E-state index >= 15 is 0 Å². The first kappa shape index (κ1) is 20.0. The van der Waals surface area contributed by atoms with E-state index in [0.717, 1.165) is 24.3 Å². The third-order valence-corrected chi connectivity index (χ3v) is 5.23. The number of amides is 1. The van der Waals surface area contributed by atoms with E-state index in [4.69, 9.17) is 0 Å². The summed E-state index contributed by atoms with van der Waals surface area (Å²) in [6, 6.07) is 15.4. The number of hydrogen-bond donors (Lipinski definition) is 2. The highest BCUT2D eigenvalue weighted by atomic mass is 32.2. The SMILES string of the molecule is O=C(Nc1ccc(F)cc1)c1cccc(NS(=O)(=O)c2ccc([N+](=O)[O-])cc2)c1.